The van der Waals surface area contributed by atoms with Crippen LogP contribution in [0.3, 0.4) is 0 Å². The van der Waals surface area contributed by atoms with Crippen LogP contribution in [0.25, 0.3) is 5.57 Å². The summed E-state index contributed by atoms with van der Waals surface area (Å²) in [5.41, 5.74) is 7.45. The molecule has 1 fully saturated rings. The van der Waals surface area contributed by atoms with E-state index in [2.05, 4.69) is 82.2 Å². The Labute approximate surface area is 276 Å². The first kappa shape index (κ1) is 32.5. The Morgan fingerprint density at radius 3 is 2.03 bits per heavy atom. The van der Waals surface area contributed by atoms with Crippen molar-refractivity contribution in [1.29, 1.82) is 0 Å². The molecule has 3 aromatic rings. The van der Waals surface area contributed by atoms with Crippen molar-refractivity contribution in [3.05, 3.63) is 99.8 Å². The molecule has 1 radical (unpaired) electrons. The third kappa shape index (κ3) is 8.26. The topological polar surface area (TPSA) is 82.1 Å². The molecule has 5 rings (SSSR count). The van der Waals surface area contributed by atoms with Crippen LogP contribution in [0.5, 0.6) is 0 Å². The van der Waals surface area contributed by atoms with Gasteiger partial charge in [0.15, 0.2) is 0 Å². The van der Waals surface area contributed by atoms with E-state index in [0.29, 0.717) is 13.0 Å². The van der Waals surface area contributed by atoms with Crippen LogP contribution in [0.4, 0.5) is 11.4 Å². The van der Waals surface area contributed by atoms with Crippen LogP contribution in [0.2, 0.25) is 0 Å². The molecule has 11 heteroatoms. The molecule has 2 aliphatic heterocycles. The van der Waals surface area contributed by atoms with Crippen molar-refractivity contribution in [2.45, 2.75) is 19.1 Å². The Hall–Kier alpha value is -0.0300. The number of ether oxygens (including phenoxy) is 1. The summed E-state index contributed by atoms with van der Waals surface area (Å²) in [5, 5.41) is 0. The van der Waals surface area contributed by atoms with Gasteiger partial charge in [0.2, 0.25) is 0 Å². The first-order valence-electron chi connectivity index (χ1n) is 11.8. The van der Waals surface area contributed by atoms with Crippen molar-refractivity contribution in [2.24, 2.45) is 0 Å². The zero-order chi connectivity index (χ0) is 25.0. The summed E-state index contributed by atoms with van der Waals surface area (Å²) in [5.74, 6) is 1.65. The fourth-order valence-electron chi connectivity index (χ4n) is 4.43. The van der Waals surface area contributed by atoms with Crippen LogP contribution >= 0.6 is 31.3 Å². The summed E-state index contributed by atoms with van der Waals surface area (Å²) in [6.07, 6.45) is 0.478. The molecule has 1 atom stereocenters. The minimum Gasteiger partial charge on any atom is -0.756 e. The van der Waals surface area contributed by atoms with E-state index < -0.39 is 7.82 Å². The third-order valence-corrected chi connectivity index (χ3v) is 9.24. The van der Waals surface area contributed by atoms with Crippen molar-refractivity contribution in [2.75, 3.05) is 29.6 Å². The van der Waals surface area contributed by atoms with Gasteiger partial charge in [-0.3, -0.25) is 4.57 Å². The quantitative estimate of drug-likeness (QED) is 0.245. The normalized spacial score (nSPS) is 17.9. The Morgan fingerprint density at radius 1 is 0.895 bits per heavy atom. The molecular formula is C27H27NNa2O5PS2. The molecule has 6 nitrogen and oxygen atoms in total. The first-order valence-corrected chi connectivity index (χ1v) is 15.3. The molecule has 1 saturated heterocycles. The summed E-state index contributed by atoms with van der Waals surface area (Å²) in [7, 11) is -4.66. The van der Waals surface area contributed by atoms with E-state index in [-0.39, 0.29) is 71.8 Å². The molecule has 0 bridgehead atoms. The molecule has 0 aliphatic carbocycles. The second-order valence-corrected chi connectivity index (χ2v) is 12.1. The Balaban J connectivity index is 0.00000200. The van der Waals surface area contributed by atoms with Gasteiger partial charge in [0.05, 0.1) is 12.7 Å². The van der Waals surface area contributed by atoms with Gasteiger partial charge in [0.25, 0.3) is 7.82 Å². The summed E-state index contributed by atoms with van der Waals surface area (Å²) in [6, 6.07) is 27.8. The number of thioether (sulfide) groups is 2. The predicted molar refractivity (Wildman–Crippen MR) is 152 cm³/mol. The minimum atomic E-state index is -4.66. The Kier molecular flexibility index (Phi) is 13.1. The fourth-order valence-corrected chi connectivity index (χ4v) is 7.51. The van der Waals surface area contributed by atoms with Crippen LogP contribution in [0, 0.1) is 0 Å². The summed E-state index contributed by atoms with van der Waals surface area (Å²) < 4.78 is 22.3. The van der Waals surface area contributed by atoms with E-state index in [0.717, 1.165) is 18.1 Å². The first-order chi connectivity index (χ1) is 17.5. The number of para-hydroxylation sites is 2. The molecule has 1 unspecified atom stereocenters. The van der Waals surface area contributed by atoms with E-state index in [1.54, 1.807) is 0 Å². The second-order valence-electron chi connectivity index (χ2n) is 8.54. The molecule has 2 heterocycles. The van der Waals surface area contributed by atoms with Gasteiger partial charge >= 0.3 is 29.6 Å². The van der Waals surface area contributed by atoms with Gasteiger partial charge in [-0.1, -0.05) is 66.7 Å². The average molecular weight is 587 g/mol. The van der Waals surface area contributed by atoms with Gasteiger partial charge in [-0.2, -0.15) is 0 Å². The van der Waals surface area contributed by atoms with Crippen molar-refractivity contribution >= 4 is 77.9 Å². The summed E-state index contributed by atoms with van der Waals surface area (Å²) in [4.78, 5) is 21.8. The van der Waals surface area contributed by atoms with E-state index >= 15 is 0 Å². The number of benzene rings is 3. The number of phosphoric ester groups is 1. The van der Waals surface area contributed by atoms with Crippen LogP contribution in [0.1, 0.15) is 23.1 Å². The van der Waals surface area contributed by atoms with E-state index in [1.807, 2.05) is 29.6 Å². The van der Waals surface area contributed by atoms with Crippen LogP contribution in [0.15, 0.2) is 83.1 Å². The molecule has 3 aromatic carbocycles. The fraction of sp³-hybridized carbons (Fsp3) is 0.259. The smallest absolute Gasteiger partial charge is 0.756 e. The number of fused-ring (bicyclic) bond motifs is 2. The maximum atomic E-state index is 10.7. The third-order valence-electron chi connectivity index (χ3n) is 6.01. The van der Waals surface area contributed by atoms with Crippen molar-refractivity contribution in [3.63, 3.8) is 0 Å². The van der Waals surface area contributed by atoms with Gasteiger partial charge in [-0.15, -0.1) is 23.5 Å². The largest absolute Gasteiger partial charge is 1.00 e. The molecule has 1 N–H and O–H groups in total. The Morgan fingerprint density at radius 2 is 1.45 bits per heavy atom. The van der Waals surface area contributed by atoms with Gasteiger partial charge in [-0.25, -0.2) is 0 Å². The van der Waals surface area contributed by atoms with Gasteiger partial charge in [0, 0.05) is 86.5 Å². The van der Waals surface area contributed by atoms with Crippen LogP contribution in [-0.2, 0) is 20.4 Å². The molecule has 0 saturated carbocycles. The minimum absolute atomic E-state index is 0. The number of phosphoric acid groups is 1. The molecule has 0 spiro atoms. The SMILES string of the molecule is O=P([O-])(O)OCCCOC1CSC(=C2c3ccccc3N(Cc3ccccc3)c3ccccc32)SC1.[Na+].[Na]. The zero-order valence-electron chi connectivity index (χ0n) is 21.6. The number of nitrogens with zero attached hydrogens (tertiary/aromatic N) is 1. The predicted octanol–water partition coefficient (Wildman–Crippen LogP) is 2.41. The van der Waals surface area contributed by atoms with Crippen LogP contribution < -0.4 is 39.4 Å². The average Bonchev–Trinajstić information content (AvgIpc) is 2.89. The number of hydrogen-bond acceptors (Lipinski definition) is 7. The molecule has 0 amide bonds. The van der Waals surface area contributed by atoms with Gasteiger partial charge < -0.3 is 23.9 Å². The van der Waals surface area contributed by atoms with Crippen molar-refractivity contribution in [3.8, 4) is 0 Å². The number of rotatable bonds is 8. The summed E-state index contributed by atoms with van der Waals surface area (Å²) >= 11 is 3.62. The molecular weight excluding hydrogens is 559 g/mol. The standard InChI is InChI=1S/C27H28NO5PS2.2Na/c29-34(30,31)33-16-8-15-32-21-18-35-27(36-19-21)26-22-11-4-6-13-24(22)28(17-20-9-2-1-3-10-20)25-14-7-5-12-23(25)26;;/h1-7,9-14,21H,8,15-19H2,(H2,29,30,31);;/q;;+1/p-1. The van der Waals surface area contributed by atoms with E-state index in [4.69, 9.17) is 9.63 Å². The van der Waals surface area contributed by atoms with Gasteiger partial charge in [0.1, 0.15) is 0 Å². The molecule has 0 aromatic heterocycles. The molecule has 38 heavy (non-hydrogen) atoms. The van der Waals surface area contributed by atoms with Gasteiger partial charge in [-0.05, 0) is 24.1 Å². The van der Waals surface area contributed by atoms with Crippen LogP contribution in [-0.4, -0.2) is 65.3 Å². The molecule has 2 aliphatic rings. The second kappa shape index (κ2) is 15.3. The Bertz CT molecular complexity index is 1230. The molecule has 189 valence electrons. The number of anilines is 2. The number of hydrogen-bond donors (Lipinski definition) is 1. The van der Waals surface area contributed by atoms with E-state index in [9.17, 15) is 9.46 Å². The van der Waals surface area contributed by atoms with Crippen molar-refractivity contribution in [1.82, 2.24) is 0 Å². The maximum absolute atomic E-state index is 10.7. The summed E-state index contributed by atoms with van der Waals surface area (Å²) in [6.45, 7) is 1.11. The van der Waals surface area contributed by atoms with Crippen molar-refractivity contribution < 1.29 is 53.2 Å². The maximum Gasteiger partial charge on any atom is 1.00 e. The monoisotopic (exact) mass is 586 g/mol. The zero-order valence-corrected chi connectivity index (χ0v) is 28.1. The van der Waals surface area contributed by atoms with E-state index in [1.165, 1.54) is 37.9 Å².